The highest BCUT2D eigenvalue weighted by Gasteiger charge is 2.37. The summed E-state index contributed by atoms with van der Waals surface area (Å²) in [6.07, 6.45) is 3.51. The Hall–Kier alpha value is 0.0269. The van der Waals surface area contributed by atoms with Crippen LogP contribution in [0.5, 0.6) is 0 Å². The molecule has 98 valence electrons. The zero-order chi connectivity index (χ0) is 12.4. The molecule has 1 atom stereocenters. The first-order chi connectivity index (χ1) is 7.64. The average molecular weight is 252 g/mol. The van der Waals surface area contributed by atoms with Crippen LogP contribution in [0.4, 0.5) is 4.39 Å². The zero-order valence-corrected chi connectivity index (χ0v) is 11.9. The van der Waals surface area contributed by atoms with Crippen molar-refractivity contribution in [2.75, 3.05) is 21.3 Å². The monoisotopic (exact) mass is 252 g/mol. The first-order valence-corrected chi connectivity index (χ1v) is 7.86. The van der Waals surface area contributed by atoms with E-state index in [0.29, 0.717) is 18.9 Å². The van der Waals surface area contributed by atoms with Crippen LogP contribution in [-0.4, -0.2) is 36.3 Å². The van der Waals surface area contributed by atoms with Crippen molar-refractivity contribution in [1.82, 2.24) is 0 Å². The first-order valence-electron chi connectivity index (χ1n) is 5.93. The summed E-state index contributed by atoms with van der Waals surface area (Å²) in [6.45, 7) is 2.12. The molecule has 0 fully saturated rings. The standard InChI is InChI=1S/C11H25FO3Si/c1-5-6-7-8-11(12)9-10-16(13-2,14-3)15-4/h11H,5-10H2,1-4H3. The van der Waals surface area contributed by atoms with Gasteiger partial charge in [0.2, 0.25) is 0 Å². The summed E-state index contributed by atoms with van der Waals surface area (Å²) in [5.41, 5.74) is 0. The van der Waals surface area contributed by atoms with E-state index < -0.39 is 15.0 Å². The normalized spacial score (nSPS) is 14.1. The maximum Gasteiger partial charge on any atom is 0.500 e. The molecule has 0 N–H and O–H groups in total. The Balaban J connectivity index is 3.82. The Labute approximate surface area is 99.6 Å². The van der Waals surface area contributed by atoms with E-state index in [1.54, 1.807) is 21.3 Å². The van der Waals surface area contributed by atoms with E-state index in [0.717, 1.165) is 19.3 Å². The van der Waals surface area contributed by atoms with Gasteiger partial charge in [-0.1, -0.05) is 26.2 Å². The molecule has 1 unspecified atom stereocenters. The highest BCUT2D eigenvalue weighted by atomic mass is 28.4. The van der Waals surface area contributed by atoms with Crippen molar-refractivity contribution < 1.29 is 17.7 Å². The van der Waals surface area contributed by atoms with Crippen LogP contribution < -0.4 is 0 Å². The van der Waals surface area contributed by atoms with E-state index in [1.165, 1.54) is 0 Å². The number of unbranched alkanes of at least 4 members (excludes halogenated alkanes) is 2. The Morgan fingerprint density at radius 3 is 2.00 bits per heavy atom. The van der Waals surface area contributed by atoms with E-state index in [-0.39, 0.29) is 0 Å². The van der Waals surface area contributed by atoms with Crippen LogP contribution in [0.3, 0.4) is 0 Å². The largest absolute Gasteiger partial charge is 0.500 e. The third-order valence-corrected chi connectivity index (χ3v) is 5.58. The summed E-state index contributed by atoms with van der Waals surface area (Å²) in [6, 6.07) is 0.545. The Bertz CT molecular complexity index is 157. The van der Waals surface area contributed by atoms with Crippen molar-refractivity contribution in [3.8, 4) is 0 Å². The summed E-state index contributed by atoms with van der Waals surface area (Å²) in [7, 11) is 2.11. The van der Waals surface area contributed by atoms with Gasteiger partial charge in [0, 0.05) is 27.4 Å². The van der Waals surface area contributed by atoms with E-state index in [4.69, 9.17) is 13.3 Å². The number of rotatable bonds is 10. The zero-order valence-electron chi connectivity index (χ0n) is 10.9. The van der Waals surface area contributed by atoms with Crippen molar-refractivity contribution in [1.29, 1.82) is 0 Å². The molecule has 3 nitrogen and oxygen atoms in total. The Kier molecular flexibility index (Phi) is 9.11. The molecule has 0 aromatic heterocycles. The third-order valence-electron chi connectivity index (χ3n) is 2.82. The van der Waals surface area contributed by atoms with E-state index in [2.05, 4.69) is 6.92 Å². The van der Waals surface area contributed by atoms with Crippen LogP contribution in [0.25, 0.3) is 0 Å². The lowest BCUT2D eigenvalue weighted by molar-refractivity contribution is 0.119. The SMILES string of the molecule is CCCCCC(F)CC[Si](OC)(OC)OC. The predicted octanol–water partition coefficient (Wildman–Crippen LogP) is 3.17. The lowest BCUT2D eigenvalue weighted by Gasteiger charge is -2.24. The molecule has 0 aromatic carbocycles. The van der Waals surface area contributed by atoms with Crippen molar-refractivity contribution in [3.05, 3.63) is 0 Å². The predicted molar refractivity (Wildman–Crippen MR) is 65.2 cm³/mol. The number of alkyl halides is 1. The highest BCUT2D eigenvalue weighted by molar-refractivity contribution is 6.60. The molecule has 0 aliphatic heterocycles. The van der Waals surface area contributed by atoms with Gasteiger partial charge >= 0.3 is 8.80 Å². The molecule has 5 heteroatoms. The number of halogens is 1. The number of hydrogen-bond acceptors (Lipinski definition) is 3. The molecule has 0 saturated carbocycles. The van der Waals surface area contributed by atoms with Gasteiger partial charge in [0.05, 0.1) is 0 Å². The van der Waals surface area contributed by atoms with Crippen LogP contribution in [0.1, 0.15) is 39.0 Å². The van der Waals surface area contributed by atoms with Gasteiger partial charge in [0.25, 0.3) is 0 Å². The van der Waals surface area contributed by atoms with Gasteiger partial charge in [0.15, 0.2) is 0 Å². The second-order valence-electron chi connectivity index (χ2n) is 3.93. The molecule has 0 spiro atoms. The lowest BCUT2D eigenvalue weighted by atomic mass is 10.1. The molecule has 0 bridgehead atoms. The fraction of sp³-hybridized carbons (Fsp3) is 1.00. The summed E-state index contributed by atoms with van der Waals surface area (Å²) >= 11 is 0. The van der Waals surface area contributed by atoms with E-state index in [9.17, 15) is 4.39 Å². The molecule has 0 saturated heterocycles. The molecular weight excluding hydrogens is 227 g/mol. The minimum Gasteiger partial charge on any atom is -0.377 e. The topological polar surface area (TPSA) is 27.7 Å². The fourth-order valence-corrected chi connectivity index (χ4v) is 3.43. The van der Waals surface area contributed by atoms with Gasteiger partial charge < -0.3 is 13.3 Å². The van der Waals surface area contributed by atoms with Gasteiger partial charge in [-0.2, -0.15) is 0 Å². The van der Waals surface area contributed by atoms with Crippen molar-refractivity contribution in [3.63, 3.8) is 0 Å². The quantitative estimate of drug-likeness (QED) is 0.441. The maximum absolute atomic E-state index is 13.5. The molecule has 0 aliphatic rings. The van der Waals surface area contributed by atoms with Crippen LogP contribution in [-0.2, 0) is 13.3 Å². The second kappa shape index (κ2) is 9.10. The van der Waals surface area contributed by atoms with Crippen LogP contribution in [0.15, 0.2) is 0 Å². The molecular formula is C11H25FO3Si. The van der Waals surface area contributed by atoms with Gasteiger partial charge in [0.1, 0.15) is 6.17 Å². The van der Waals surface area contributed by atoms with E-state index in [1.807, 2.05) is 0 Å². The Morgan fingerprint density at radius 1 is 1.00 bits per heavy atom. The summed E-state index contributed by atoms with van der Waals surface area (Å²) in [4.78, 5) is 0. The van der Waals surface area contributed by atoms with Gasteiger partial charge in [-0.05, 0) is 12.8 Å². The summed E-state index contributed by atoms with van der Waals surface area (Å²) < 4.78 is 29.2. The Morgan fingerprint density at radius 2 is 1.56 bits per heavy atom. The molecule has 0 rings (SSSR count). The minimum absolute atomic E-state index is 0.464. The lowest BCUT2D eigenvalue weighted by Crippen LogP contribution is -2.43. The summed E-state index contributed by atoms with van der Waals surface area (Å²) in [5.74, 6) is 0. The molecule has 0 amide bonds. The molecule has 16 heavy (non-hydrogen) atoms. The first kappa shape index (κ1) is 16.0. The smallest absolute Gasteiger partial charge is 0.377 e. The molecule has 0 heterocycles. The molecule has 0 aromatic rings. The van der Waals surface area contributed by atoms with Gasteiger partial charge in [-0.25, -0.2) is 4.39 Å². The maximum atomic E-state index is 13.5. The third kappa shape index (κ3) is 5.93. The van der Waals surface area contributed by atoms with Crippen LogP contribution >= 0.6 is 0 Å². The van der Waals surface area contributed by atoms with E-state index >= 15 is 0 Å². The molecule has 0 radical (unpaired) electrons. The minimum atomic E-state index is -2.57. The fourth-order valence-electron chi connectivity index (χ4n) is 1.65. The van der Waals surface area contributed by atoms with Crippen molar-refractivity contribution in [2.45, 2.75) is 51.2 Å². The van der Waals surface area contributed by atoms with Crippen molar-refractivity contribution in [2.24, 2.45) is 0 Å². The van der Waals surface area contributed by atoms with Gasteiger partial charge in [-0.15, -0.1) is 0 Å². The van der Waals surface area contributed by atoms with Crippen LogP contribution in [0.2, 0.25) is 6.04 Å². The van der Waals surface area contributed by atoms with Gasteiger partial charge in [-0.3, -0.25) is 0 Å². The second-order valence-corrected chi connectivity index (χ2v) is 7.02. The number of hydrogen-bond donors (Lipinski definition) is 0. The van der Waals surface area contributed by atoms with Crippen molar-refractivity contribution >= 4 is 8.80 Å². The highest BCUT2D eigenvalue weighted by Crippen LogP contribution is 2.20. The molecule has 0 aliphatic carbocycles. The summed E-state index contributed by atoms with van der Waals surface area (Å²) in [5, 5.41) is 0. The average Bonchev–Trinajstić information content (AvgIpc) is 2.32. The van der Waals surface area contributed by atoms with Crippen LogP contribution in [0, 0.1) is 0 Å².